The SMILES string of the molecule is Cc1ncc(CO)c(Nc2ccc(Cl)c(Cl)c2)n1. The van der Waals surface area contributed by atoms with E-state index in [0.717, 1.165) is 5.69 Å². The number of aliphatic hydroxyl groups is 1. The lowest BCUT2D eigenvalue weighted by molar-refractivity contribution is 0.281. The molecule has 2 aromatic rings. The van der Waals surface area contributed by atoms with Crippen molar-refractivity contribution in [1.82, 2.24) is 9.97 Å². The first kappa shape index (κ1) is 13.1. The van der Waals surface area contributed by atoms with Crippen molar-refractivity contribution < 1.29 is 5.11 Å². The molecule has 0 saturated heterocycles. The lowest BCUT2D eigenvalue weighted by Crippen LogP contribution is -2.02. The van der Waals surface area contributed by atoms with Gasteiger partial charge < -0.3 is 10.4 Å². The van der Waals surface area contributed by atoms with Crippen LogP contribution in [0.4, 0.5) is 11.5 Å². The Labute approximate surface area is 115 Å². The summed E-state index contributed by atoms with van der Waals surface area (Å²) in [6.07, 6.45) is 1.59. The van der Waals surface area contributed by atoms with E-state index in [-0.39, 0.29) is 6.61 Å². The summed E-state index contributed by atoms with van der Waals surface area (Å²) in [5.41, 5.74) is 1.36. The zero-order valence-electron chi connectivity index (χ0n) is 9.61. The summed E-state index contributed by atoms with van der Waals surface area (Å²) in [4.78, 5) is 8.26. The Morgan fingerprint density at radius 2 is 2.06 bits per heavy atom. The third-order valence-electron chi connectivity index (χ3n) is 2.34. The van der Waals surface area contributed by atoms with Crippen molar-refractivity contribution in [2.75, 3.05) is 5.32 Å². The van der Waals surface area contributed by atoms with Crippen LogP contribution in [0.1, 0.15) is 11.4 Å². The maximum Gasteiger partial charge on any atom is 0.139 e. The number of benzene rings is 1. The number of aryl methyl sites for hydroxylation is 1. The van der Waals surface area contributed by atoms with Gasteiger partial charge in [-0.1, -0.05) is 23.2 Å². The largest absolute Gasteiger partial charge is 0.391 e. The second-order valence-electron chi connectivity index (χ2n) is 3.70. The maximum absolute atomic E-state index is 9.22. The van der Waals surface area contributed by atoms with Gasteiger partial charge in [0.25, 0.3) is 0 Å². The van der Waals surface area contributed by atoms with Crippen LogP contribution in [0.5, 0.6) is 0 Å². The van der Waals surface area contributed by atoms with Crippen LogP contribution in [0.2, 0.25) is 10.0 Å². The Morgan fingerprint density at radius 1 is 1.28 bits per heavy atom. The van der Waals surface area contributed by atoms with Gasteiger partial charge in [-0.3, -0.25) is 0 Å². The first-order valence-corrected chi connectivity index (χ1v) is 6.01. The topological polar surface area (TPSA) is 58.0 Å². The highest BCUT2D eigenvalue weighted by Gasteiger charge is 2.06. The number of anilines is 2. The van der Waals surface area contributed by atoms with Gasteiger partial charge >= 0.3 is 0 Å². The number of halogens is 2. The molecule has 2 rings (SSSR count). The number of hydrogen-bond acceptors (Lipinski definition) is 4. The summed E-state index contributed by atoms with van der Waals surface area (Å²) in [7, 11) is 0. The van der Waals surface area contributed by atoms with Crippen molar-refractivity contribution in [1.29, 1.82) is 0 Å². The highest BCUT2D eigenvalue weighted by Crippen LogP contribution is 2.27. The summed E-state index contributed by atoms with van der Waals surface area (Å²) in [5.74, 6) is 1.18. The second kappa shape index (κ2) is 5.52. The number of aromatic nitrogens is 2. The van der Waals surface area contributed by atoms with E-state index in [9.17, 15) is 5.11 Å². The first-order valence-electron chi connectivity index (χ1n) is 5.25. The molecule has 0 saturated carbocycles. The first-order chi connectivity index (χ1) is 8.60. The third-order valence-corrected chi connectivity index (χ3v) is 3.08. The van der Waals surface area contributed by atoms with E-state index < -0.39 is 0 Å². The minimum atomic E-state index is -0.135. The maximum atomic E-state index is 9.22. The summed E-state index contributed by atoms with van der Waals surface area (Å²) < 4.78 is 0. The average Bonchev–Trinajstić information content (AvgIpc) is 2.34. The third kappa shape index (κ3) is 2.90. The zero-order valence-corrected chi connectivity index (χ0v) is 11.1. The molecular formula is C12H11Cl2N3O. The number of rotatable bonds is 3. The summed E-state index contributed by atoms with van der Waals surface area (Å²) in [5, 5.41) is 13.2. The smallest absolute Gasteiger partial charge is 0.139 e. The van der Waals surface area contributed by atoms with Crippen LogP contribution in [-0.2, 0) is 6.61 Å². The average molecular weight is 284 g/mol. The number of hydrogen-bond donors (Lipinski definition) is 2. The van der Waals surface area contributed by atoms with Gasteiger partial charge in [-0.05, 0) is 25.1 Å². The molecular weight excluding hydrogens is 273 g/mol. The fraction of sp³-hybridized carbons (Fsp3) is 0.167. The molecule has 0 aliphatic carbocycles. The van der Waals surface area contributed by atoms with E-state index in [1.807, 2.05) is 0 Å². The molecule has 0 amide bonds. The molecule has 1 aromatic carbocycles. The Morgan fingerprint density at radius 3 is 2.72 bits per heavy atom. The highest BCUT2D eigenvalue weighted by atomic mass is 35.5. The van der Waals surface area contributed by atoms with Gasteiger partial charge in [0.15, 0.2) is 0 Å². The predicted octanol–water partition coefficient (Wildman–Crippen LogP) is 3.33. The molecule has 0 aliphatic heterocycles. The van der Waals surface area contributed by atoms with Crippen molar-refractivity contribution >= 4 is 34.7 Å². The van der Waals surface area contributed by atoms with Crippen molar-refractivity contribution in [2.45, 2.75) is 13.5 Å². The molecule has 0 atom stereocenters. The van der Waals surface area contributed by atoms with Gasteiger partial charge in [-0.25, -0.2) is 9.97 Å². The van der Waals surface area contributed by atoms with Gasteiger partial charge in [0.1, 0.15) is 11.6 Å². The van der Waals surface area contributed by atoms with Crippen LogP contribution in [0.3, 0.4) is 0 Å². The fourth-order valence-electron chi connectivity index (χ4n) is 1.43. The zero-order chi connectivity index (χ0) is 13.1. The lowest BCUT2D eigenvalue weighted by atomic mass is 10.3. The highest BCUT2D eigenvalue weighted by molar-refractivity contribution is 6.42. The van der Waals surface area contributed by atoms with Crippen LogP contribution >= 0.6 is 23.2 Å². The monoisotopic (exact) mass is 283 g/mol. The standard InChI is InChI=1S/C12H11Cl2N3O/c1-7-15-5-8(6-18)12(16-7)17-9-2-3-10(13)11(14)4-9/h2-5,18H,6H2,1H3,(H,15,16,17). The van der Waals surface area contributed by atoms with Crippen LogP contribution in [0, 0.1) is 6.92 Å². The summed E-state index contributed by atoms with van der Waals surface area (Å²) >= 11 is 11.8. The van der Waals surface area contributed by atoms with E-state index in [4.69, 9.17) is 23.2 Å². The van der Waals surface area contributed by atoms with Gasteiger partial charge in [0.05, 0.1) is 16.7 Å². The van der Waals surface area contributed by atoms with Gasteiger partial charge in [0, 0.05) is 17.4 Å². The molecule has 6 heteroatoms. The molecule has 0 fully saturated rings. The van der Waals surface area contributed by atoms with E-state index >= 15 is 0 Å². The van der Waals surface area contributed by atoms with E-state index in [2.05, 4.69) is 15.3 Å². The summed E-state index contributed by atoms with van der Waals surface area (Å²) in [6, 6.07) is 5.17. The molecule has 0 radical (unpaired) electrons. The van der Waals surface area contributed by atoms with Crippen LogP contribution in [-0.4, -0.2) is 15.1 Å². The number of nitrogens with one attached hydrogen (secondary N) is 1. The Kier molecular flexibility index (Phi) is 4.01. The summed E-state index contributed by atoms with van der Waals surface area (Å²) in [6.45, 7) is 1.64. The Bertz CT molecular complexity index is 575. The molecule has 1 aromatic heterocycles. The van der Waals surface area contributed by atoms with Crippen LogP contribution in [0.15, 0.2) is 24.4 Å². The molecule has 0 unspecified atom stereocenters. The second-order valence-corrected chi connectivity index (χ2v) is 4.52. The fourth-order valence-corrected chi connectivity index (χ4v) is 1.73. The van der Waals surface area contributed by atoms with Crippen molar-refractivity contribution in [3.05, 3.63) is 45.8 Å². The molecule has 18 heavy (non-hydrogen) atoms. The van der Waals surface area contributed by atoms with E-state index in [0.29, 0.717) is 27.3 Å². The van der Waals surface area contributed by atoms with Gasteiger partial charge in [0.2, 0.25) is 0 Å². The number of aliphatic hydroxyl groups excluding tert-OH is 1. The normalized spacial score (nSPS) is 10.4. The van der Waals surface area contributed by atoms with Crippen molar-refractivity contribution in [2.24, 2.45) is 0 Å². The quantitative estimate of drug-likeness (QED) is 0.907. The van der Waals surface area contributed by atoms with Crippen LogP contribution in [0.25, 0.3) is 0 Å². The molecule has 0 aliphatic rings. The molecule has 2 N–H and O–H groups in total. The van der Waals surface area contributed by atoms with E-state index in [1.165, 1.54) is 0 Å². The Hall–Kier alpha value is -1.36. The molecule has 1 heterocycles. The van der Waals surface area contributed by atoms with Gasteiger partial charge in [-0.15, -0.1) is 0 Å². The van der Waals surface area contributed by atoms with Crippen molar-refractivity contribution in [3.8, 4) is 0 Å². The molecule has 0 spiro atoms. The number of nitrogens with zero attached hydrogens (tertiary/aromatic N) is 2. The predicted molar refractivity (Wildman–Crippen MR) is 72.4 cm³/mol. The molecule has 4 nitrogen and oxygen atoms in total. The van der Waals surface area contributed by atoms with E-state index in [1.54, 1.807) is 31.3 Å². The lowest BCUT2D eigenvalue weighted by Gasteiger charge is -2.10. The van der Waals surface area contributed by atoms with Gasteiger partial charge in [-0.2, -0.15) is 0 Å². The molecule has 94 valence electrons. The van der Waals surface area contributed by atoms with Crippen LogP contribution < -0.4 is 5.32 Å². The minimum absolute atomic E-state index is 0.135. The Balaban J connectivity index is 2.33. The molecule has 0 bridgehead atoms. The van der Waals surface area contributed by atoms with Crippen molar-refractivity contribution in [3.63, 3.8) is 0 Å². The minimum Gasteiger partial charge on any atom is -0.391 e.